The smallest absolute Gasteiger partial charge is 0.0700 e. The maximum absolute atomic E-state index is 5.75. The van der Waals surface area contributed by atoms with E-state index in [4.69, 9.17) is 9.47 Å². The van der Waals surface area contributed by atoms with Crippen molar-refractivity contribution in [2.24, 2.45) is 0 Å². The first kappa shape index (κ1) is 37.9. The van der Waals surface area contributed by atoms with Crippen LogP contribution in [-0.4, -0.2) is 26.4 Å². The lowest BCUT2D eigenvalue weighted by Crippen LogP contribution is -2.06. The second-order valence-electron chi connectivity index (χ2n) is 12.1. The van der Waals surface area contributed by atoms with E-state index in [1.165, 1.54) is 193 Å². The van der Waals surface area contributed by atoms with Crippen molar-refractivity contribution in [1.82, 2.24) is 0 Å². The molecule has 0 aromatic rings. The molecule has 0 aliphatic carbocycles. The lowest BCUT2D eigenvalue weighted by atomic mass is 10.0. The molecule has 230 valence electrons. The number of unbranched alkanes of at least 4 members (excludes halogenated alkanes) is 28. The van der Waals surface area contributed by atoms with E-state index in [9.17, 15) is 0 Å². The Bertz CT molecular complexity index is 348. The molecule has 0 saturated heterocycles. The summed E-state index contributed by atoms with van der Waals surface area (Å²) < 4.78 is 11.5. The quantitative estimate of drug-likeness (QED) is 0.0747. The molecule has 0 heterocycles. The molecule has 0 aliphatic heterocycles. The summed E-state index contributed by atoms with van der Waals surface area (Å²) in [4.78, 5) is 0. The molecule has 0 saturated carbocycles. The Morgan fingerprint density at radius 2 is 0.395 bits per heavy atom. The summed E-state index contributed by atoms with van der Waals surface area (Å²) in [5.74, 6) is 0. The van der Waals surface area contributed by atoms with Gasteiger partial charge in [-0.3, -0.25) is 0 Å². The van der Waals surface area contributed by atoms with Crippen molar-refractivity contribution in [1.29, 1.82) is 0 Å². The van der Waals surface area contributed by atoms with Gasteiger partial charge in [-0.15, -0.1) is 0 Å². The van der Waals surface area contributed by atoms with Gasteiger partial charge < -0.3 is 9.47 Å². The fourth-order valence-corrected chi connectivity index (χ4v) is 5.47. The van der Waals surface area contributed by atoms with Gasteiger partial charge in [0.05, 0.1) is 13.2 Å². The maximum Gasteiger partial charge on any atom is 0.0700 e. The highest BCUT2D eigenvalue weighted by Crippen LogP contribution is 2.14. The molecule has 0 rings (SSSR count). The van der Waals surface area contributed by atoms with Gasteiger partial charge in [0.1, 0.15) is 0 Å². The zero-order valence-electron chi connectivity index (χ0n) is 26.9. The molecule has 0 atom stereocenters. The molecule has 38 heavy (non-hydrogen) atoms. The fraction of sp³-hybridized carbons (Fsp3) is 1.00. The normalized spacial score (nSPS) is 11.5. The zero-order valence-corrected chi connectivity index (χ0v) is 26.9. The Kier molecular flexibility index (Phi) is 36.8. The van der Waals surface area contributed by atoms with Gasteiger partial charge in [0.25, 0.3) is 0 Å². The average Bonchev–Trinajstić information content (AvgIpc) is 2.93. The Morgan fingerprint density at radius 1 is 0.211 bits per heavy atom. The number of hydrogen-bond acceptors (Lipinski definition) is 2. The molecule has 0 N–H and O–H groups in total. The van der Waals surface area contributed by atoms with E-state index in [1.54, 1.807) is 0 Å². The Hall–Kier alpha value is -0.0800. The van der Waals surface area contributed by atoms with E-state index in [1.807, 2.05) is 0 Å². The number of hydrogen-bond donors (Lipinski definition) is 0. The molecule has 0 radical (unpaired) electrons. The van der Waals surface area contributed by atoms with Gasteiger partial charge in [0.15, 0.2) is 0 Å². The molecule has 0 spiro atoms. The van der Waals surface area contributed by atoms with Crippen molar-refractivity contribution in [2.75, 3.05) is 26.4 Å². The van der Waals surface area contributed by atoms with E-state index in [-0.39, 0.29) is 0 Å². The van der Waals surface area contributed by atoms with Gasteiger partial charge in [0.2, 0.25) is 0 Å². The van der Waals surface area contributed by atoms with Gasteiger partial charge in [-0.05, 0) is 12.8 Å². The topological polar surface area (TPSA) is 18.5 Å². The molecule has 0 amide bonds. The standard InChI is InChI=1S/C36H74O2/c1-3-5-7-9-11-13-15-17-19-21-23-25-27-29-31-33-37-35-36-38-34-32-30-28-26-24-22-20-18-16-14-12-10-8-6-4-2/h3-36H2,1-2H3. The molecule has 2 heteroatoms. The van der Waals surface area contributed by atoms with Crippen LogP contribution in [0.5, 0.6) is 0 Å². The summed E-state index contributed by atoms with van der Waals surface area (Å²) in [6.45, 7) is 7.98. The molecule has 0 aromatic heterocycles. The van der Waals surface area contributed by atoms with Crippen LogP contribution >= 0.6 is 0 Å². The highest BCUT2D eigenvalue weighted by atomic mass is 16.5. The minimum Gasteiger partial charge on any atom is -0.379 e. The maximum atomic E-state index is 5.75. The predicted octanol–water partition coefficient (Wildman–Crippen LogP) is 12.8. The van der Waals surface area contributed by atoms with Crippen molar-refractivity contribution in [3.63, 3.8) is 0 Å². The summed E-state index contributed by atoms with van der Waals surface area (Å²) in [5.41, 5.74) is 0. The highest BCUT2D eigenvalue weighted by Gasteiger charge is 1.97. The number of rotatable bonds is 35. The summed E-state index contributed by atoms with van der Waals surface area (Å²) in [6.07, 6.45) is 42.5. The number of ether oxygens (including phenoxy) is 2. The summed E-state index contributed by atoms with van der Waals surface area (Å²) in [6, 6.07) is 0. The lowest BCUT2D eigenvalue weighted by Gasteiger charge is -2.06. The van der Waals surface area contributed by atoms with E-state index in [0.29, 0.717) is 0 Å². The monoisotopic (exact) mass is 539 g/mol. The second-order valence-corrected chi connectivity index (χ2v) is 12.1. The van der Waals surface area contributed by atoms with Crippen LogP contribution in [0.4, 0.5) is 0 Å². The van der Waals surface area contributed by atoms with Crippen LogP contribution in [0.3, 0.4) is 0 Å². The van der Waals surface area contributed by atoms with Crippen molar-refractivity contribution in [3.05, 3.63) is 0 Å². The SMILES string of the molecule is CCCCCCCCCCCCCCCCCOCCOCCCCCCCCCCCCCCCCC. The molecular formula is C36H74O2. The van der Waals surface area contributed by atoms with Crippen molar-refractivity contribution < 1.29 is 9.47 Å². The average molecular weight is 539 g/mol. The first-order valence-corrected chi connectivity index (χ1v) is 18.1. The first-order valence-electron chi connectivity index (χ1n) is 18.1. The molecule has 0 bridgehead atoms. The largest absolute Gasteiger partial charge is 0.379 e. The van der Waals surface area contributed by atoms with Crippen molar-refractivity contribution in [2.45, 2.75) is 206 Å². The van der Waals surface area contributed by atoms with Gasteiger partial charge in [-0.1, -0.05) is 194 Å². The molecule has 0 fully saturated rings. The van der Waals surface area contributed by atoms with Crippen LogP contribution in [0, 0.1) is 0 Å². The van der Waals surface area contributed by atoms with Crippen LogP contribution in [0.2, 0.25) is 0 Å². The molecule has 0 aromatic carbocycles. The van der Waals surface area contributed by atoms with Gasteiger partial charge in [-0.2, -0.15) is 0 Å². The summed E-state index contributed by atoms with van der Waals surface area (Å²) in [7, 11) is 0. The molecular weight excluding hydrogens is 464 g/mol. The van der Waals surface area contributed by atoms with Crippen LogP contribution in [0.25, 0.3) is 0 Å². The second kappa shape index (κ2) is 36.9. The third kappa shape index (κ3) is 35.9. The molecule has 0 unspecified atom stereocenters. The van der Waals surface area contributed by atoms with Crippen LogP contribution in [0.15, 0.2) is 0 Å². The van der Waals surface area contributed by atoms with Gasteiger partial charge in [-0.25, -0.2) is 0 Å². The van der Waals surface area contributed by atoms with E-state index < -0.39 is 0 Å². The van der Waals surface area contributed by atoms with Crippen molar-refractivity contribution in [3.8, 4) is 0 Å². The first-order chi connectivity index (χ1) is 18.9. The highest BCUT2D eigenvalue weighted by molar-refractivity contribution is 4.51. The van der Waals surface area contributed by atoms with E-state index >= 15 is 0 Å². The van der Waals surface area contributed by atoms with Gasteiger partial charge in [0, 0.05) is 13.2 Å². The van der Waals surface area contributed by atoms with Crippen LogP contribution in [-0.2, 0) is 9.47 Å². The lowest BCUT2D eigenvalue weighted by molar-refractivity contribution is 0.0448. The molecule has 0 aliphatic rings. The fourth-order valence-electron chi connectivity index (χ4n) is 5.47. The zero-order chi connectivity index (χ0) is 27.5. The van der Waals surface area contributed by atoms with Crippen LogP contribution in [0.1, 0.15) is 206 Å². The Morgan fingerprint density at radius 3 is 0.605 bits per heavy atom. The van der Waals surface area contributed by atoms with Crippen LogP contribution < -0.4 is 0 Å². The minimum atomic E-state index is 0.775. The Labute approximate surface area is 242 Å². The minimum absolute atomic E-state index is 0.775. The Balaban J connectivity index is 3.01. The van der Waals surface area contributed by atoms with Crippen molar-refractivity contribution >= 4 is 0 Å². The van der Waals surface area contributed by atoms with E-state index in [2.05, 4.69) is 13.8 Å². The summed E-state index contributed by atoms with van der Waals surface area (Å²) >= 11 is 0. The van der Waals surface area contributed by atoms with Gasteiger partial charge >= 0.3 is 0 Å². The predicted molar refractivity (Wildman–Crippen MR) is 171 cm³/mol. The third-order valence-electron chi connectivity index (χ3n) is 8.16. The molecule has 2 nitrogen and oxygen atoms in total. The van der Waals surface area contributed by atoms with E-state index in [0.717, 1.165) is 26.4 Å². The third-order valence-corrected chi connectivity index (χ3v) is 8.16. The summed E-state index contributed by atoms with van der Waals surface area (Å²) in [5, 5.41) is 0.